The molecule has 1 aromatic rings. The van der Waals surface area contributed by atoms with Gasteiger partial charge in [0.2, 0.25) is 0 Å². The van der Waals surface area contributed by atoms with Crippen molar-refractivity contribution in [2.24, 2.45) is 0 Å². The molecule has 1 aliphatic heterocycles. The summed E-state index contributed by atoms with van der Waals surface area (Å²) in [6.07, 6.45) is 12.7. The van der Waals surface area contributed by atoms with Crippen LogP contribution in [0, 0.1) is 0 Å². The first-order valence-electron chi connectivity index (χ1n) is 9.42. The average molecular weight is 300 g/mol. The molecule has 0 atom stereocenters. The first-order chi connectivity index (χ1) is 10.9. The van der Waals surface area contributed by atoms with Crippen molar-refractivity contribution in [1.82, 2.24) is 10.2 Å². The summed E-state index contributed by atoms with van der Waals surface area (Å²) in [6, 6.07) is 12.5. The fourth-order valence-electron chi connectivity index (χ4n) is 4.06. The summed E-state index contributed by atoms with van der Waals surface area (Å²) in [4.78, 5) is 2.62. The third-order valence-corrected chi connectivity index (χ3v) is 5.41. The molecule has 0 spiro atoms. The standard InChI is InChI=1S/C20H32N2/c1-2-7-11-19(12-8-3-1)21-20-13-15-22(16-14-20)17-18-9-5-4-6-10-18/h4-6,9-10,19-21H,1-3,7-8,11-17H2. The largest absolute Gasteiger partial charge is 0.311 e. The van der Waals surface area contributed by atoms with Crippen LogP contribution >= 0.6 is 0 Å². The molecule has 2 nitrogen and oxygen atoms in total. The van der Waals surface area contributed by atoms with Crippen LogP contribution in [-0.4, -0.2) is 30.1 Å². The highest BCUT2D eigenvalue weighted by Gasteiger charge is 2.22. The first-order valence-corrected chi connectivity index (χ1v) is 9.42. The Kier molecular flexibility index (Phi) is 6.32. The van der Waals surface area contributed by atoms with Gasteiger partial charge in [-0.15, -0.1) is 0 Å². The number of nitrogens with zero attached hydrogens (tertiary/aromatic N) is 1. The van der Waals surface area contributed by atoms with Crippen LogP contribution in [0.3, 0.4) is 0 Å². The second-order valence-corrected chi connectivity index (χ2v) is 7.24. The van der Waals surface area contributed by atoms with Crippen LogP contribution < -0.4 is 5.32 Å². The molecule has 0 aromatic heterocycles. The Labute approximate surface area is 136 Å². The quantitative estimate of drug-likeness (QED) is 0.889. The van der Waals surface area contributed by atoms with Gasteiger partial charge in [-0.05, 0) is 44.3 Å². The maximum Gasteiger partial charge on any atom is 0.0233 e. The van der Waals surface area contributed by atoms with E-state index in [-0.39, 0.29) is 0 Å². The number of benzene rings is 1. The topological polar surface area (TPSA) is 15.3 Å². The van der Waals surface area contributed by atoms with Crippen LogP contribution in [0.15, 0.2) is 30.3 Å². The Balaban J connectivity index is 1.39. The molecular weight excluding hydrogens is 268 g/mol. The zero-order chi connectivity index (χ0) is 15.0. The molecule has 2 fully saturated rings. The summed E-state index contributed by atoms with van der Waals surface area (Å²) in [5.41, 5.74) is 1.45. The van der Waals surface area contributed by atoms with Gasteiger partial charge in [-0.25, -0.2) is 0 Å². The van der Waals surface area contributed by atoms with Gasteiger partial charge < -0.3 is 5.32 Å². The van der Waals surface area contributed by atoms with Crippen LogP contribution in [0.25, 0.3) is 0 Å². The summed E-state index contributed by atoms with van der Waals surface area (Å²) in [6.45, 7) is 3.62. The fourth-order valence-corrected chi connectivity index (χ4v) is 4.06. The molecule has 0 bridgehead atoms. The maximum atomic E-state index is 3.98. The van der Waals surface area contributed by atoms with Crippen molar-refractivity contribution in [2.45, 2.75) is 76.4 Å². The molecule has 2 aliphatic rings. The van der Waals surface area contributed by atoms with Crippen molar-refractivity contribution >= 4 is 0 Å². The smallest absolute Gasteiger partial charge is 0.0233 e. The first kappa shape index (κ1) is 16.0. The van der Waals surface area contributed by atoms with E-state index in [0.717, 1.165) is 18.6 Å². The van der Waals surface area contributed by atoms with Crippen molar-refractivity contribution < 1.29 is 0 Å². The van der Waals surface area contributed by atoms with Gasteiger partial charge in [0.1, 0.15) is 0 Å². The van der Waals surface area contributed by atoms with E-state index in [2.05, 4.69) is 40.5 Å². The maximum absolute atomic E-state index is 3.98. The number of rotatable bonds is 4. The summed E-state index contributed by atoms with van der Waals surface area (Å²) in [7, 11) is 0. The molecular formula is C20H32N2. The minimum Gasteiger partial charge on any atom is -0.311 e. The van der Waals surface area contributed by atoms with Gasteiger partial charge >= 0.3 is 0 Å². The van der Waals surface area contributed by atoms with Crippen molar-refractivity contribution in [3.05, 3.63) is 35.9 Å². The number of nitrogens with one attached hydrogen (secondary N) is 1. The highest BCUT2D eigenvalue weighted by molar-refractivity contribution is 5.14. The van der Waals surface area contributed by atoms with Gasteiger partial charge in [0.25, 0.3) is 0 Å². The van der Waals surface area contributed by atoms with Crippen molar-refractivity contribution in [2.75, 3.05) is 13.1 Å². The van der Waals surface area contributed by atoms with E-state index in [9.17, 15) is 0 Å². The highest BCUT2D eigenvalue weighted by atomic mass is 15.1. The highest BCUT2D eigenvalue weighted by Crippen LogP contribution is 2.20. The second kappa shape index (κ2) is 8.69. The van der Waals surface area contributed by atoms with E-state index in [1.807, 2.05) is 0 Å². The second-order valence-electron chi connectivity index (χ2n) is 7.24. The van der Waals surface area contributed by atoms with Gasteiger partial charge in [-0.3, -0.25) is 4.90 Å². The lowest BCUT2D eigenvalue weighted by molar-refractivity contribution is 0.179. The predicted octanol–water partition coefficient (Wildman–Crippen LogP) is 4.35. The van der Waals surface area contributed by atoms with Gasteiger partial charge in [0.15, 0.2) is 0 Å². The summed E-state index contributed by atoms with van der Waals surface area (Å²) in [5.74, 6) is 0. The fraction of sp³-hybridized carbons (Fsp3) is 0.700. The predicted molar refractivity (Wildman–Crippen MR) is 94.0 cm³/mol. The zero-order valence-corrected chi connectivity index (χ0v) is 14.0. The molecule has 1 aliphatic carbocycles. The SMILES string of the molecule is c1ccc(CN2CCC(NC3CCCCCCC3)CC2)cc1. The Morgan fingerprint density at radius 1 is 0.773 bits per heavy atom. The third kappa shape index (κ3) is 5.10. The minimum atomic E-state index is 0.761. The van der Waals surface area contributed by atoms with E-state index in [0.29, 0.717) is 0 Å². The Bertz CT molecular complexity index is 401. The molecule has 1 aromatic carbocycles. The van der Waals surface area contributed by atoms with Gasteiger partial charge in [0, 0.05) is 18.6 Å². The Morgan fingerprint density at radius 2 is 1.36 bits per heavy atom. The monoisotopic (exact) mass is 300 g/mol. The van der Waals surface area contributed by atoms with Crippen LogP contribution in [0.4, 0.5) is 0 Å². The van der Waals surface area contributed by atoms with Gasteiger partial charge in [0.05, 0.1) is 0 Å². The molecule has 22 heavy (non-hydrogen) atoms. The lowest BCUT2D eigenvalue weighted by Gasteiger charge is -2.35. The molecule has 0 unspecified atom stereocenters. The summed E-state index contributed by atoms with van der Waals surface area (Å²) >= 11 is 0. The molecule has 0 radical (unpaired) electrons. The molecule has 1 heterocycles. The third-order valence-electron chi connectivity index (χ3n) is 5.41. The van der Waals surface area contributed by atoms with E-state index in [1.165, 1.54) is 76.4 Å². The van der Waals surface area contributed by atoms with Crippen LogP contribution in [0.2, 0.25) is 0 Å². The normalized spacial score (nSPS) is 23.1. The van der Waals surface area contributed by atoms with Gasteiger partial charge in [-0.1, -0.05) is 62.4 Å². The average Bonchev–Trinajstić information content (AvgIpc) is 2.53. The lowest BCUT2D eigenvalue weighted by atomic mass is 9.94. The number of hydrogen-bond acceptors (Lipinski definition) is 2. The minimum absolute atomic E-state index is 0.761. The Hall–Kier alpha value is -0.860. The van der Waals surface area contributed by atoms with E-state index >= 15 is 0 Å². The number of piperidine rings is 1. The van der Waals surface area contributed by atoms with E-state index in [4.69, 9.17) is 0 Å². The van der Waals surface area contributed by atoms with Crippen molar-refractivity contribution in [1.29, 1.82) is 0 Å². The van der Waals surface area contributed by atoms with Crippen molar-refractivity contribution in [3.63, 3.8) is 0 Å². The van der Waals surface area contributed by atoms with Gasteiger partial charge in [-0.2, -0.15) is 0 Å². The Morgan fingerprint density at radius 3 is 2.05 bits per heavy atom. The zero-order valence-electron chi connectivity index (χ0n) is 14.0. The molecule has 122 valence electrons. The van der Waals surface area contributed by atoms with Crippen LogP contribution in [-0.2, 0) is 6.54 Å². The van der Waals surface area contributed by atoms with E-state index < -0.39 is 0 Å². The number of likely N-dealkylation sites (tertiary alicyclic amines) is 1. The summed E-state index contributed by atoms with van der Waals surface area (Å²) in [5, 5.41) is 3.98. The number of hydrogen-bond donors (Lipinski definition) is 1. The lowest BCUT2D eigenvalue weighted by Crippen LogP contribution is -2.46. The van der Waals surface area contributed by atoms with Crippen LogP contribution in [0.1, 0.15) is 63.4 Å². The van der Waals surface area contributed by atoms with Crippen LogP contribution in [0.5, 0.6) is 0 Å². The molecule has 1 saturated carbocycles. The van der Waals surface area contributed by atoms with Crippen molar-refractivity contribution in [3.8, 4) is 0 Å². The van der Waals surface area contributed by atoms with E-state index in [1.54, 1.807) is 0 Å². The molecule has 1 saturated heterocycles. The molecule has 0 amide bonds. The molecule has 2 heteroatoms. The molecule has 1 N–H and O–H groups in total. The molecule has 3 rings (SSSR count). The summed E-state index contributed by atoms with van der Waals surface area (Å²) < 4.78 is 0.